The van der Waals surface area contributed by atoms with Gasteiger partial charge in [-0.25, -0.2) is 0 Å². The van der Waals surface area contributed by atoms with Crippen LogP contribution < -0.4 is 20.1 Å². The van der Waals surface area contributed by atoms with Crippen LogP contribution in [0.15, 0.2) is 40.9 Å². The molecule has 9 heteroatoms. The summed E-state index contributed by atoms with van der Waals surface area (Å²) in [6.07, 6.45) is 0. The molecule has 0 bridgehead atoms. The second-order valence-electron chi connectivity index (χ2n) is 5.31. The zero-order valence-corrected chi connectivity index (χ0v) is 14.4. The summed E-state index contributed by atoms with van der Waals surface area (Å²) in [6.45, 7) is 1.79. The monoisotopic (exact) mass is 355 g/mol. The van der Waals surface area contributed by atoms with Gasteiger partial charge in [-0.15, -0.1) is 10.2 Å². The first kappa shape index (κ1) is 17.2. The highest BCUT2D eigenvalue weighted by Gasteiger charge is 2.11. The Morgan fingerprint density at radius 3 is 2.15 bits per heavy atom. The van der Waals surface area contributed by atoms with Crippen LogP contribution in [0, 0.1) is 6.92 Å². The van der Waals surface area contributed by atoms with Gasteiger partial charge in [-0.3, -0.25) is 4.79 Å². The van der Waals surface area contributed by atoms with Crippen LogP contribution in [0.5, 0.6) is 11.5 Å². The molecule has 2 heterocycles. The van der Waals surface area contributed by atoms with E-state index >= 15 is 0 Å². The molecular formula is C17H17N5O4. The molecule has 3 rings (SSSR count). The predicted octanol–water partition coefficient (Wildman–Crippen LogP) is 2.79. The Labute approximate surface area is 149 Å². The van der Waals surface area contributed by atoms with Crippen molar-refractivity contribution in [2.24, 2.45) is 0 Å². The third-order valence-corrected chi connectivity index (χ3v) is 3.40. The lowest BCUT2D eigenvalue weighted by molar-refractivity contribution is 0.102. The standard InChI is InChI=1S/C17H17N5O4/c1-10-6-16(22-26-10)18-14-4-5-15(21-20-14)19-17(23)11-7-12(24-2)9-13(8-11)25-3/h4-9H,1-3H3,(H,18,20,22)(H,19,21,23). The maximum Gasteiger partial charge on any atom is 0.257 e. The molecule has 0 fully saturated rings. The zero-order valence-electron chi connectivity index (χ0n) is 14.4. The molecule has 0 atom stereocenters. The minimum absolute atomic E-state index is 0.304. The lowest BCUT2D eigenvalue weighted by atomic mass is 10.2. The van der Waals surface area contributed by atoms with E-state index in [1.165, 1.54) is 14.2 Å². The third-order valence-electron chi connectivity index (χ3n) is 3.40. The number of carbonyl (C=O) groups excluding carboxylic acids is 1. The van der Waals surface area contributed by atoms with Gasteiger partial charge in [-0.05, 0) is 31.2 Å². The summed E-state index contributed by atoms with van der Waals surface area (Å²) in [6, 6.07) is 9.91. The number of hydrogen-bond acceptors (Lipinski definition) is 8. The quantitative estimate of drug-likeness (QED) is 0.694. The van der Waals surface area contributed by atoms with Crippen LogP contribution in [-0.2, 0) is 0 Å². The molecule has 1 aromatic carbocycles. The van der Waals surface area contributed by atoms with Crippen molar-refractivity contribution in [1.82, 2.24) is 15.4 Å². The van der Waals surface area contributed by atoms with E-state index in [2.05, 4.69) is 26.0 Å². The first-order valence-corrected chi connectivity index (χ1v) is 7.66. The van der Waals surface area contributed by atoms with Gasteiger partial charge >= 0.3 is 0 Å². The summed E-state index contributed by atoms with van der Waals surface area (Å²) >= 11 is 0. The van der Waals surface area contributed by atoms with Gasteiger partial charge in [-0.2, -0.15) is 0 Å². The summed E-state index contributed by atoms with van der Waals surface area (Å²) < 4.78 is 15.3. The second kappa shape index (κ2) is 7.51. The number of aromatic nitrogens is 3. The van der Waals surface area contributed by atoms with E-state index in [1.807, 2.05) is 0 Å². The molecule has 0 aliphatic heterocycles. The van der Waals surface area contributed by atoms with E-state index in [9.17, 15) is 4.79 Å². The average molecular weight is 355 g/mol. The molecule has 0 radical (unpaired) electrons. The van der Waals surface area contributed by atoms with Crippen LogP contribution in [0.1, 0.15) is 16.1 Å². The van der Waals surface area contributed by atoms with E-state index in [4.69, 9.17) is 14.0 Å². The molecule has 0 aliphatic carbocycles. The van der Waals surface area contributed by atoms with Crippen molar-refractivity contribution < 1.29 is 18.8 Å². The minimum Gasteiger partial charge on any atom is -0.497 e. The van der Waals surface area contributed by atoms with Gasteiger partial charge in [0.2, 0.25) is 0 Å². The van der Waals surface area contributed by atoms with Crippen molar-refractivity contribution in [2.75, 3.05) is 24.9 Å². The van der Waals surface area contributed by atoms with Crippen molar-refractivity contribution in [2.45, 2.75) is 6.92 Å². The predicted molar refractivity (Wildman–Crippen MR) is 94.1 cm³/mol. The normalized spacial score (nSPS) is 10.3. The minimum atomic E-state index is -0.357. The number of nitrogens with zero attached hydrogens (tertiary/aromatic N) is 3. The maximum atomic E-state index is 12.4. The largest absolute Gasteiger partial charge is 0.497 e. The molecule has 9 nitrogen and oxygen atoms in total. The summed E-state index contributed by atoms with van der Waals surface area (Å²) in [4.78, 5) is 12.4. The molecule has 2 N–H and O–H groups in total. The molecule has 0 aliphatic rings. The smallest absolute Gasteiger partial charge is 0.257 e. The Kier molecular flexibility index (Phi) is 4.97. The average Bonchev–Trinajstić information content (AvgIpc) is 3.07. The highest BCUT2D eigenvalue weighted by atomic mass is 16.5. The number of nitrogens with one attached hydrogen (secondary N) is 2. The first-order valence-electron chi connectivity index (χ1n) is 7.66. The molecular weight excluding hydrogens is 338 g/mol. The van der Waals surface area contributed by atoms with E-state index in [0.29, 0.717) is 40.3 Å². The van der Waals surface area contributed by atoms with Crippen LogP contribution in [0.4, 0.5) is 17.5 Å². The molecule has 0 saturated carbocycles. The van der Waals surface area contributed by atoms with Crippen LogP contribution in [0.3, 0.4) is 0 Å². The topological polar surface area (TPSA) is 111 Å². The van der Waals surface area contributed by atoms with E-state index in [0.717, 1.165) is 0 Å². The van der Waals surface area contributed by atoms with Gasteiger partial charge < -0.3 is 24.6 Å². The highest BCUT2D eigenvalue weighted by molar-refractivity contribution is 6.04. The highest BCUT2D eigenvalue weighted by Crippen LogP contribution is 2.23. The molecule has 0 spiro atoms. The van der Waals surface area contributed by atoms with Gasteiger partial charge in [0.25, 0.3) is 5.91 Å². The van der Waals surface area contributed by atoms with Gasteiger partial charge in [0.15, 0.2) is 17.5 Å². The van der Waals surface area contributed by atoms with Crippen LogP contribution >= 0.6 is 0 Å². The fraction of sp³-hybridized carbons (Fsp3) is 0.176. The maximum absolute atomic E-state index is 12.4. The molecule has 134 valence electrons. The lowest BCUT2D eigenvalue weighted by Gasteiger charge is -2.09. The van der Waals surface area contributed by atoms with E-state index in [-0.39, 0.29) is 5.91 Å². The Hall–Kier alpha value is -3.62. The van der Waals surface area contributed by atoms with Gasteiger partial charge in [0, 0.05) is 17.7 Å². The molecule has 2 aromatic heterocycles. The number of aryl methyl sites for hydroxylation is 1. The van der Waals surface area contributed by atoms with Gasteiger partial charge in [0.05, 0.1) is 14.2 Å². The first-order chi connectivity index (χ1) is 12.6. The number of ether oxygens (including phenoxy) is 2. The molecule has 0 unspecified atom stereocenters. The Bertz CT molecular complexity index is 886. The molecule has 3 aromatic rings. The molecule has 0 saturated heterocycles. The van der Waals surface area contributed by atoms with E-state index < -0.39 is 0 Å². The summed E-state index contributed by atoms with van der Waals surface area (Å²) in [7, 11) is 3.04. The Morgan fingerprint density at radius 2 is 1.62 bits per heavy atom. The summed E-state index contributed by atoms with van der Waals surface area (Å²) in [5, 5.41) is 17.4. The summed E-state index contributed by atoms with van der Waals surface area (Å²) in [5.41, 5.74) is 0.378. The fourth-order valence-electron chi connectivity index (χ4n) is 2.15. The SMILES string of the molecule is COc1cc(OC)cc(C(=O)Nc2ccc(Nc3cc(C)on3)nn2)c1. The number of methoxy groups -OCH3 is 2. The summed E-state index contributed by atoms with van der Waals surface area (Å²) in [5.74, 6) is 2.66. The number of hydrogen-bond donors (Lipinski definition) is 2. The van der Waals surface area contributed by atoms with Crippen LogP contribution in [0.2, 0.25) is 0 Å². The van der Waals surface area contributed by atoms with Gasteiger partial charge in [0.1, 0.15) is 17.3 Å². The zero-order chi connectivity index (χ0) is 18.5. The lowest BCUT2D eigenvalue weighted by Crippen LogP contribution is -2.14. The van der Waals surface area contributed by atoms with E-state index in [1.54, 1.807) is 43.3 Å². The Balaban J connectivity index is 1.69. The van der Waals surface area contributed by atoms with Crippen molar-refractivity contribution in [3.05, 3.63) is 47.7 Å². The Morgan fingerprint density at radius 1 is 0.962 bits per heavy atom. The second-order valence-corrected chi connectivity index (χ2v) is 5.31. The van der Waals surface area contributed by atoms with Crippen LogP contribution in [0.25, 0.3) is 0 Å². The van der Waals surface area contributed by atoms with Crippen molar-refractivity contribution in [3.63, 3.8) is 0 Å². The van der Waals surface area contributed by atoms with Crippen molar-refractivity contribution in [1.29, 1.82) is 0 Å². The number of rotatable bonds is 6. The van der Waals surface area contributed by atoms with Crippen LogP contribution in [-0.4, -0.2) is 35.5 Å². The number of anilines is 3. The molecule has 26 heavy (non-hydrogen) atoms. The number of amides is 1. The van der Waals surface area contributed by atoms with Crippen molar-refractivity contribution in [3.8, 4) is 11.5 Å². The molecule has 1 amide bonds. The number of carbonyl (C=O) groups is 1. The van der Waals surface area contributed by atoms with Crippen molar-refractivity contribution >= 4 is 23.4 Å². The van der Waals surface area contributed by atoms with Gasteiger partial charge in [-0.1, -0.05) is 5.16 Å². The fourth-order valence-corrected chi connectivity index (χ4v) is 2.15. The number of benzene rings is 1. The third kappa shape index (κ3) is 4.07.